The summed E-state index contributed by atoms with van der Waals surface area (Å²) in [5.74, 6) is 0.825. The van der Waals surface area contributed by atoms with Crippen molar-refractivity contribution >= 4 is 11.0 Å². The van der Waals surface area contributed by atoms with Gasteiger partial charge in [-0.15, -0.1) is 0 Å². The lowest BCUT2D eigenvalue weighted by Gasteiger charge is -2.15. The quantitative estimate of drug-likeness (QED) is 0.482. The van der Waals surface area contributed by atoms with Crippen LogP contribution in [0.4, 0.5) is 0 Å². The van der Waals surface area contributed by atoms with E-state index in [1.807, 2.05) is 36.7 Å². The van der Waals surface area contributed by atoms with Gasteiger partial charge in [0.05, 0.1) is 29.5 Å². The van der Waals surface area contributed by atoms with Crippen LogP contribution in [0.3, 0.4) is 0 Å². The molecule has 2 heterocycles. The number of hydrogen-bond donors (Lipinski definition) is 1. The molecule has 0 aliphatic carbocycles. The molecule has 5 rings (SSSR count). The van der Waals surface area contributed by atoms with E-state index < -0.39 is 0 Å². The van der Waals surface area contributed by atoms with Gasteiger partial charge in [-0.05, 0) is 29.8 Å². The average Bonchev–Trinajstić information content (AvgIpc) is 3.43. The molecule has 28 heavy (non-hydrogen) atoms. The zero-order valence-corrected chi connectivity index (χ0v) is 15.3. The lowest BCUT2D eigenvalue weighted by molar-refractivity contribution is 0.415. The molecular formula is C23H18N4O. The van der Waals surface area contributed by atoms with Crippen LogP contribution < -0.4 is 4.74 Å². The SMILES string of the molecule is COc1c(-c2ccccc2)cccc1-n1cnc2cc(-c3ccn[nH]3)ccc21. The summed E-state index contributed by atoms with van der Waals surface area (Å²) in [7, 11) is 1.71. The number of para-hydroxylation sites is 1. The van der Waals surface area contributed by atoms with Gasteiger partial charge < -0.3 is 4.74 Å². The van der Waals surface area contributed by atoms with Crippen LogP contribution in [0.2, 0.25) is 0 Å². The molecule has 0 aliphatic heterocycles. The molecule has 1 N–H and O–H groups in total. The van der Waals surface area contributed by atoms with Gasteiger partial charge >= 0.3 is 0 Å². The monoisotopic (exact) mass is 366 g/mol. The number of methoxy groups -OCH3 is 1. The van der Waals surface area contributed by atoms with E-state index in [1.165, 1.54) is 0 Å². The normalized spacial score (nSPS) is 11.0. The highest BCUT2D eigenvalue weighted by atomic mass is 16.5. The zero-order chi connectivity index (χ0) is 18.9. The average molecular weight is 366 g/mol. The molecule has 0 radical (unpaired) electrons. The second-order valence-electron chi connectivity index (χ2n) is 6.51. The van der Waals surface area contributed by atoms with Crippen molar-refractivity contribution in [1.29, 1.82) is 0 Å². The van der Waals surface area contributed by atoms with E-state index in [-0.39, 0.29) is 0 Å². The maximum absolute atomic E-state index is 5.82. The number of benzene rings is 3. The van der Waals surface area contributed by atoms with Crippen LogP contribution in [0.15, 0.2) is 85.3 Å². The molecule has 2 aromatic heterocycles. The molecule has 0 saturated heterocycles. The van der Waals surface area contributed by atoms with Crippen molar-refractivity contribution in [2.75, 3.05) is 7.11 Å². The smallest absolute Gasteiger partial charge is 0.150 e. The molecule has 0 aliphatic rings. The number of fused-ring (bicyclic) bond motifs is 1. The molecule has 0 fully saturated rings. The van der Waals surface area contributed by atoms with Crippen molar-refractivity contribution in [3.63, 3.8) is 0 Å². The Morgan fingerprint density at radius 1 is 0.893 bits per heavy atom. The topological polar surface area (TPSA) is 55.7 Å². The summed E-state index contributed by atoms with van der Waals surface area (Å²) in [6.45, 7) is 0. The number of hydrogen-bond acceptors (Lipinski definition) is 3. The van der Waals surface area contributed by atoms with E-state index in [0.717, 1.165) is 44.9 Å². The van der Waals surface area contributed by atoms with E-state index in [2.05, 4.69) is 62.2 Å². The van der Waals surface area contributed by atoms with Crippen molar-refractivity contribution in [2.24, 2.45) is 0 Å². The van der Waals surface area contributed by atoms with Crippen LogP contribution in [-0.2, 0) is 0 Å². The fourth-order valence-corrected chi connectivity index (χ4v) is 3.56. The second-order valence-corrected chi connectivity index (χ2v) is 6.51. The second kappa shape index (κ2) is 6.70. The fraction of sp³-hybridized carbons (Fsp3) is 0.0435. The standard InChI is InChI=1S/C23H18N4O/c1-28-23-18(16-6-3-2-4-7-16)8-5-9-22(23)27-15-24-20-14-17(10-11-21(20)27)19-12-13-25-26-19/h2-15H,1H3,(H,25,26). The summed E-state index contributed by atoms with van der Waals surface area (Å²) >= 11 is 0. The van der Waals surface area contributed by atoms with Crippen molar-refractivity contribution in [3.05, 3.63) is 85.3 Å². The lowest BCUT2D eigenvalue weighted by atomic mass is 10.0. The summed E-state index contributed by atoms with van der Waals surface area (Å²) in [4.78, 5) is 4.62. The Labute approximate surface area is 162 Å². The molecule has 3 aromatic carbocycles. The summed E-state index contributed by atoms with van der Waals surface area (Å²) in [6.07, 6.45) is 3.59. The molecular weight excluding hydrogens is 348 g/mol. The third-order valence-corrected chi connectivity index (χ3v) is 4.90. The van der Waals surface area contributed by atoms with Gasteiger partial charge in [-0.2, -0.15) is 5.10 Å². The number of nitrogens with zero attached hydrogens (tertiary/aromatic N) is 3. The van der Waals surface area contributed by atoms with Gasteiger partial charge in [0.1, 0.15) is 6.33 Å². The van der Waals surface area contributed by atoms with E-state index in [1.54, 1.807) is 13.3 Å². The number of nitrogens with one attached hydrogen (secondary N) is 1. The highest BCUT2D eigenvalue weighted by Crippen LogP contribution is 2.36. The Kier molecular flexibility index (Phi) is 3.91. The molecule has 5 nitrogen and oxygen atoms in total. The molecule has 5 aromatic rings. The van der Waals surface area contributed by atoms with Crippen LogP contribution in [0.5, 0.6) is 5.75 Å². The molecule has 136 valence electrons. The summed E-state index contributed by atoms with van der Waals surface area (Å²) in [5.41, 5.74) is 7.09. The number of ether oxygens (including phenoxy) is 1. The summed E-state index contributed by atoms with van der Waals surface area (Å²) < 4.78 is 7.89. The van der Waals surface area contributed by atoms with Gasteiger partial charge in [0.2, 0.25) is 0 Å². The van der Waals surface area contributed by atoms with E-state index >= 15 is 0 Å². The maximum atomic E-state index is 5.82. The van der Waals surface area contributed by atoms with E-state index in [9.17, 15) is 0 Å². The van der Waals surface area contributed by atoms with Gasteiger partial charge in [0.15, 0.2) is 5.75 Å². The van der Waals surface area contributed by atoms with Gasteiger partial charge in [0.25, 0.3) is 0 Å². The fourth-order valence-electron chi connectivity index (χ4n) is 3.56. The van der Waals surface area contributed by atoms with Crippen LogP contribution in [0.1, 0.15) is 0 Å². The number of imidazole rings is 1. The number of aromatic amines is 1. The van der Waals surface area contributed by atoms with Crippen LogP contribution >= 0.6 is 0 Å². The zero-order valence-electron chi connectivity index (χ0n) is 15.3. The van der Waals surface area contributed by atoms with Gasteiger partial charge in [-0.25, -0.2) is 4.98 Å². The first kappa shape index (κ1) is 16.3. The van der Waals surface area contributed by atoms with E-state index in [0.29, 0.717) is 0 Å². The first-order chi connectivity index (χ1) is 13.8. The highest BCUT2D eigenvalue weighted by Gasteiger charge is 2.15. The molecule has 0 atom stereocenters. The summed E-state index contributed by atoms with van der Waals surface area (Å²) in [6, 6.07) is 24.6. The summed E-state index contributed by atoms with van der Waals surface area (Å²) in [5, 5.41) is 7.02. The number of rotatable bonds is 4. The maximum Gasteiger partial charge on any atom is 0.150 e. The minimum Gasteiger partial charge on any atom is -0.494 e. The van der Waals surface area contributed by atoms with Gasteiger partial charge in [-0.3, -0.25) is 9.67 Å². The Bertz CT molecular complexity index is 1240. The molecule has 5 heteroatoms. The first-order valence-electron chi connectivity index (χ1n) is 9.05. The first-order valence-corrected chi connectivity index (χ1v) is 9.05. The molecule has 0 unspecified atom stereocenters. The van der Waals surface area contributed by atoms with Gasteiger partial charge in [-0.1, -0.05) is 48.5 Å². The predicted octanol–water partition coefficient (Wildman–Crippen LogP) is 5.09. The number of H-pyrrole nitrogens is 1. The molecule has 0 amide bonds. The predicted molar refractivity (Wildman–Crippen MR) is 111 cm³/mol. The van der Waals surface area contributed by atoms with Crippen molar-refractivity contribution in [3.8, 4) is 33.8 Å². The van der Waals surface area contributed by atoms with E-state index in [4.69, 9.17) is 4.74 Å². The Morgan fingerprint density at radius 2 is 1.79 bits per heavy atom. The molecule has 0 bridgehead atoms. The Balaban J connectivity index is 1.66. The Hall–Kier alpha value is -3.86. The highest BCUT2D eigenvalue weighted by molar-refractivity contribution is 5.84. The molecule has 0 saturated carbocycles. The minimum atomic E-state index is 0.825. The minimum absolute atomic E-state index is 0.825. The van der Waals surface area contributed by atoms with Crippen molar-refractivity contribution < 1.29 is 4.74 Å². The number of aromatic nitrogens is 4. The van der Waals surface area contributed by atoms with Crippen molar-refractivity contribution in [1.82, 2.24) is 19.7 Å². The Morgan fingerprint density at radius 3 is 2.57 bits per heavy atom. The lowest BCUT2D eigenvalue weighted by Crippen LogP contribution is -1.98. The van der Waals surface area contributed by atoms with Crippen LogP contribution in [0, 0.1) is 0 Å². The van der Waals surface area contributed by atoms with Gasteiger partial charge in [0, 0.05) is 17.3 Å². The van der Waals surface area contributed by atoms with Crippen molar-refractivity contribution in [2.45, 2.75) is 0 Å². The third kappa shape index (κ3) is 2.65. The van der Waals surface area contributed by atoms with Crippen LogP contribution in [-0.4, -0.2) is 26.9 Å². The molecule has 0 spiro atoms. The third-order valence-electron chi connectivity index (χ3n) is 4.90. The van der Waals surface area contributed by atoms with Crippen LogP contribution in [0.25, 0.3) is 39.1 Å². The largest absolute Gasteiger partial charge is 0.494 e.